The molecule has 158 valence electrons. The van der Waals surface area contributed by atoms with Crippen LogP contribution in [0.5, 0.6) is 0 Å². The predicted octanol–water partition coefficient (Wildman–Crippen LogP) is 4.74. The monoisotopic (exact) mass is 464 g/mol. The molecule has 0 aliphatic rings. The second-order valence-electron chi connectivity index (χ2n) is 6.76. The molecule has 0 radical (unpaired) electrons. The van der Waals surface area contributed by atoms with Crippen molar-refractivity contribution in [1.29, 1.82) is 0 Å². The first-order valence-electron chi connectivity index (χ1n) is 9.22. The van der Waals surface area contributed by atoms with Crippen LogP contribution >= 0.6 is 34.4 Å². The average Bonchev–Trinajstić information content (AvgIpc) is 3.40. The van der Waals surface area contributed by atoms with Crippen LogP contribution in [0.4, 0.5) is 10.1 Å². The van der Waals surface area contributed by atoms with Crippen LogP contribution in [0, 0.1) is 11.7 Å². The van der Waals surface area contributed by atoms with Gasteiger partial charge in [-0.25, -0.2) is 4.39 Å². The molecule has 3 rings (SSSR count). The number of hydrogen-bond donors (Lipinski definition) is 2. The molecule has 1 atom stereocenters. The summed E-state index contributed by atoms with van der Waals surface area (Å²) in [5.74, 6) is 0.269. The van der Waals surface area contributed by atoms with Crippen LogP contribution in [0.3, 0.4) is 0 Å². The maximum atomic E-state index is 12.9. The molecule has 0 bridgehead atoms. The summed E-state index contributed by atoms with van der Waals surface area (Å²) >= 11 is 4.23. The largest absolute Gasteiger partial charge is 0.348 e. The fraction of sp³-hybridized carbons (Fsp3) is 0.300. The Morgan fingerprint density at radius 2 is 1.93 bits per heavy atom. The number of hydrogen-bond acceptors (Lipinski definition) is 7. The minimum atomic E-state index is -0.399. The molecule has 0 fully saturated rings. The Morgan fingerprint density at radius 3 is 2.60 bits per heavy atom. The van der Waals surface area contributed by atoms with Gasteiger partial charge in [-0.1, -0.05) is 31.3 Å². The zero-order valence-electron chi connectivity index (χ0n) is 16.4. The van der Waals surface area contributed by atoms with Gasteiger partial charge in [0.15, 0.2) is 0 Å². The Hall–Kier alpha value is -2.30. The standard InChI is InChI=1S/C20H21FN4O2S3/c1-12(2)18(15-4-3-9-29-15)23-16(26)10-28-11-17-24-25-20(30-17)19(27)22-14-7-5-13(21)6-8-14/h3-9,12,18H,10-11H2,1-2H3,(H,22,27)(H,23,26)/t18-/m1/s1. The number of carbonyl (C=O) groups excluding carboxylic acids is 2. The molecule has 2 N–H and O–H groups in total. The van der Waals surface area contributed by atoms with E-state index in [4.69, 9.17) is 0 Å². The summed E-state index contributed by atoms with van der Waals surface area (Å²) in [5.41, 5.74) is 0.481. The van der Waals surface area contributed by atoms with Crippen molar-refractivity contribution in [3.05, 3.63) is 62.5 Å². The Labute approximate surface area is 186 Å². The topological polar surface area (TPSA) is 84.0 Å². The molecule has 2 amide bonds. The van der Waals surface area contributed by atoms with Crippen molar-refractivity contribution in [3.8, 4) is 0 Å². The number of carbonyl (C=O) groups is 2. The molecule has 2 heterocycles. The van der Waals surface area contributed by atoms with Crippen LogP contribution in [0.1, 0.15) is 39.6 Å². The summed E-state index contributed by atoms with van der Waals surface area (Å²) in [4.78, 5) is 25.7. The molecule has 2 aromatic heterocycles. The number of benzene rings is 1. The van der Waals surface area contributed by atoms with E-state index in [1.165, 1.54) is 47.4 Å². The lowest BCUT2D eigenvalue weighted by Crippen LogP contribution is -2.32. The highest BCUT2D eigenvalue weighted by atomic mass is 32.2. The summed E-state index contributed by atoms with van der Waals surface area (Å²) in [5, 5.41) is 16.5. The van der Waals surface area contributed by atoms with Gasteiger partial charge in [0.1, 0.15) is 10.8 Å². The zero-order chi connectivity index (χ0) is 21.5. The predicted molar refractivity (Wildman–Crippen MR) is 120 cm³/mol. The van der Waals surface area contributed by atoms with Crippen LogP contribution in [0.25, 0.3) is 0 Å². The van der Waals surface area contributed by atoms with Crippen LogP contribution in [0.15, 0.2) is 41.8 Å². The Morgan fingerprint density at radius 1 is 1.17 bits per heavy atom. The number of nitrogens with zero attached hydrogens (tertiary/aromatic N) is 2. The number of aromatic nitrogens is 2. The minimum absolute atomic E-state index is 0.00129. The van der Waals surface area contributed by atoms with E-state index in [2.05, 4.69) is 34.7 Å². The van der Waals surface area contributed by atoms with E-state index in [9.17, 15) is 14.0 Å². The van der Waals surface area contributed by atoms with E-state index >= 15 is 0 Å². The molecule has 3 aromatic rings. The van der Waals surface area contributed by atoms with Gasteiger partial charge in [-0.05, 0) is 41.6 Å². The lowest BCUT2D eigenvalue weighted by atomic mass is 10.0. The van der Waals surface area contributed by atoms with Gasteiger partial charge in [-0.2, -0.15) is 0 Å². The molecule has 0 saturated heterocycles. The molecule has 0 spiro atoms. The van der Waals surface area contributed by atoms with Crippen LogP contribution in [0.2, 0.25) is 0 Å². The molecule has 0 aliphatic carbocycles. The second-order valence-corrected chi connectivity index (χ2v) is 9.79. The smallest absolute Gasteiger partial charge is 0.286 e. The SMILES string of the molecule is CC(C)[C@@H](NC(=O)CSCc1nnc(C(=O)Nc2ccc(F)cc2)s1)c1cccs1. The van der Waals surface area contributed by atoms with E-state index in [0.717, 1.165) is 4.88 Å². The van der Waals surface area contributed by atoms with Gasteiger partial charge in [0.25, 0.3) is 5.91 Å². The lowest BCUT2D eigenvalue weighted by molar-refractivity contribution is -0.119. The third-order valence-electron chi connectivity index (χ3n) is 4.05. The number of amides is 2. The molecule has 30 heavy (non-hydrogen) atoms. The lowest BCUT2D eigenvalue weighted by Gasteiger charge is -2.21. The number of halogens is 1. The summed E-state index contributed by atoms with van der Waals surface area (Å²) in [6.45, 7) is 4.16. The number of anilines is 1. The van der Waals surface area contributed by atoms with Crippen molar-refractivity contribution in [1.82, 2.24) is 15.5 Å². The Balaban J connectivity index is 1.46. The van der Waals surface area contributed by atoms with Crippen molar-refractivity contribution in [2.24, 2.45) is 5.92 Å². The summed E-state index contributed by atoms with van der Waals surface area (Å²) in [6, 6.07) is 9.50. The maximum Gasteiger partial charge on any atom is 0.286 e. The molecule has 1 aromatic carbocycles. The first kappa shape index (κ1) is 22.4. The van der Waals surface area contributed by atoms with Gasteiger partial charge < -0.3 is 10.6 Å². The zero-order valence-corrected chi connectivity index (χ0v) is 18.9. The van der Waals surface area contributed by atoms with Crippen LogP contribution in [-0.4, -0.2) is 27.8 Å². The first-order valence-corrected chi connectivity index (χ1v) is 12.1. The molecular weight excluding hydrogens is 443 g/mol. The molecular formula is C20H21FN4O2S3. The van der Waals surface area contributed by atoms with Gasteiger partial charge in [-0.3, -0.25) is 9.59 Å². The Kier molecular flexibility index (Phi) is 7.94. The van der Waals surface area contributed by atoms with E-state index in [1.807, 2.05) is 17.5 Å². The molecule has 0 unspecified atom stereocenters. The minimum Gasteiger partial charge on any atom is -0.348 e. The molecule has 0 saturated carbocycles. The quantitative estimate of drug-likeness (QED) is 0.478. The highest BCUT2D eigenvalue weighted by Gasteiger charge is 2.19. The second kappa shape index (κ2) is 10.6. The van der Waals surface area contributed by atoms with Crippen molar-refractivity contribution in [2.45, 2.75) is 25.6 Å². The Bertz CT molecular complexity index is 974. The van der Waals surface area contributed by atoms with Gasteiger partial charge in [0.05, 0.1) is 11.8 Å². The maximum absolute atomic E-state index is 12.9. The van der Waals surface area contributed by atoms with Gasteiger partial charge in [0, 0.05) is 16.3 Å². The fourth-order valence-corrected chi connectivity index (χ4v) is 5.17. The van der Waals surface area contributed by atoms with Crippen molar-refractivity contribution < 1.29 is 14.0 Å². The third-order valence-corrected chi connectivity index (χ3v) is 7.06. The fourth-order valence-electron chi connectivity index (χ4n) is 2.60. The number of rotatable bonds is 9. The van der Waals surface area contributed by atoms with Gasteiger partial charge in [0.2, 0.25) is 10.9 Å². The molecule has 6 nitrogen and oxygen atoms in total. The van der Waals surface area contributed by atoms with Crippen LogP contribution < -0.4 is 10.6 Å². The number of thioether (sulfide) groups is 1. The molecule has 10 heteroatoms. The number of thiophene rings is 1. The summed E-state index contributed by atoms with van der Waals surface area (Å²) in [6.07, 6.45) is 0. The summed E-state index contributed by atoms with van der Waals surface area (Å²) in [7, 11) is 0. The van der Waals surface area contributed by atoms with Crippen molar-refractivity contribution in [2.75, 3.05) is 11.1 Å². The van der Waals surface area contributed by atoms with E-state index in [0.29, 0.717) is 28.1 Å². The number of nitrogens with one attached hydrogen (secondary N) is 2. The highest BCUT2D eigenvalue weighted by molar-refractivity contribution is 7.99. The van der Waals surface area contributed by atoms with Crippen molar-refractivity contribution >= 4 is 51.9 Å². The average molecular weight is 465 g/mol. The van der Waals surface area contributed by atoms with E-state index < -0.39 is 5.91 Å². The van der Waals surface area contributed by atoms with Crippen LogP contribution in [-0.2, 0) is 10.5 Å². The van der Waals surface area contributed by atoms with E-state index in [1.54, 1.807) is 11.3 Å². The molecule has 0 aliphatic heterocycles. The normalized spacial score (nSPS) is 12.0. The van der Waals surface area contributed by atoms with Gasteiger partial charge in [-0.15, -0.1) is 33.3 Å². The van der Waals surface area contributed by atoms with E-state index in [-0.39, 0.29) is 22.8 Å². The van der Waals surface area contributed by atoms with Gasteiger partial charge >= 0.3 is 0 Å². The third kappa shape index (κ3) is 6.35. The summed E-state index contributed by atoms with van der Waals surface area (Å²) < 4.78 is 12.9. The highest BCUT2D eigenvalue weighted by Crippen LogP contribution is 2.26. The first-order chi connectivity index (χ1) is 14.4. The van der Waals surface area contributed by atoms with Crippen molar-refractivity contribution in [3.63, 3.8) is 0 Å².